The molecule has 16 heavy (non-hydrogen) atoms. The van der Waals surface area contributed by atoms with E-state index in [0.29, 0.717) is 12.0 Å². The van der Waals surface area contributed by atoms with Crippen LogP contribution in [-0.2, 0) is 11.2 Å². The lowest BCUT2D eigenvalue weighted by Gasteiger charge is -2.19. The lowest BCUT2D eigenvalue weighted by Crippen LogP contribution is -2.17. The van der Waals surface area contributed by atoms with Gasteiger partial charge in [-0.05, 0) is 29.9 Å². The zero-order chi connectivity index (χ0) is 12.1. The molecule has 1 aromatic rings. The van der Waals surface area contributed by atoms with Crippen molar-refractivity contribution in [2.45, 2.75) is 26.7 Å². The van der Waals surface area contributed by atoms with E-state index in [1.165, 1.54) is 6.07 Å². The van der Waals surface area contributed by atoms with E-state index in [0.717, 1.165) is 0 Å². The van der Waals surface area contributed by atoms with Gasteiger partial charge in [-0.3, -0.25) is 4.79 Å². The molecule has 0 spiro atoms. The minimum Gasteiger partial charge on any atom is -0.481 e. The molecule has 0 bridgehead atoms. The Balaban J connectivity index is 2.76. The summed E-state index contributed by atoms with van der Waals surface area (Å²) in [5, 5.41) is 8.79. The second kappa shape index (κ2) is 5.64. The molecule has 0 aromatic heterocycles. The molecule has 0 saturated carbocycles. The summed E-state index contributed by atoms with van der Waals surface area (Å²) in [6, 6.07) is 6.54. The minimum absolute atomic E-state index is 0.0191. The van der Waals surface area contributed by atoms with Crippen LogP contribution in [0.5, 0.6) is 0 Å². The Morgan fingerprint density at radius 3 is 2.50 bits per heavy atom. The monoisotopic (exact) mass is 224 g/mol. The Bertz CT molecular complexity index is 361. The second-order valence-corrected chi connectivity index (χ2v) is 4.40. The van der Waals surface area contributed by atoms with Crippen LogP contribution in [0.25, 0.3) is 0 Å². The summed E-state index contributed by atoms with van der Waals surface area (Å²) in [7, 11) is 0. The fourth-order valence-electron chi connectivity index (χ4n) is 1.71. The highest BCUT2D eigenvalue weighted by atomic mass is 19.1. The maximum absolute atomic E-state index is 13.4. The summed E-state index contributed by atoms with van der Waals surface area (Å²) < 4.78 is 13.4. The van der Waals surface area contributed by atoms with Crippen LogP contribution in [0.1, 0.15) is 25.8 Å². The molecule has 0 amide bonds. The van der Waals surface area contributed by atoms with Gasteiger partial charge in [0.2, 0.25) is 0 Å². The van der Waals surface area contributed by atoms with Gasteiger partial charge < -0.3 is 5.11 Å². The fraction of sp³-hybridized carbons (Fsp3) is 0.462. The fourth-order valence-corrected chi connectivity index (χ4v) is 1.71. The molecule has 1 aromatic carbocycles. The molecule has 2 nitrogen and oxygen atoms in total. The summed E-state index contributed by atoms with van der Waals surface area (Å²) >= 11 is 0. The van der Waals surface area contributed by atoms with Crippen LogP contribution in [0.3, 0.4) is 0 Å². The number of carboxylic acids is 1. The van der Waals surface area contributed by atoms with Crippen LogP contribution in [0.2, 0.25) is 0 Å². The topological polar surface area (TPSA) is 37.3 Å². The first-order valence-corrected chi connectivity index (χ1v) is 5.46. The van der Waals surface area contributed by atoms with Gasteiger partial charge in [-0.25, -0.2) is 4.39 Å². The van der Waals surface area contributed by atoms with Gasteiger partial charge in [0, 0.05) is 6.42 Å². The van der Waals surface area contributed by atoms with E-state index in [9.17, 15) is 9.18 Å². The first-order valence-electron chi connectivity index (χ1n) is 5.46. The molecular weight excluding hydrogens is 207 g/mol. The van der Waals surface area contributed by atoms with Crippen LogP contribution < -0.4 is 0 Å². The van der Waals surface area contributed by atoms with Crippen molar-refractivity contribution in [2.75, 3.05) is 0 Å². The van der Waals surface area contributed by atoms with Crippen LogP contribution in [-0.4, -0.2) is 11.1 Å². The molecule has 0 radical (unpaired) electrons. The molecule has 1 atom stereocenters. The van der Waals surface area contributed by atoms with E-state index >= 15 is 0 Å². The first kappa shape index (κ1) is 12.7. The molecule has 1 N–H and O–H groups in total. The number of carbonyl (C=O) groups is 1. The SMILES string of the molecule is CC(C)C(CC(=O)O)Cc1ccccc1F. The second-order valence-electron chi connectivity index (χ2n) is 4.40. The van der Waals surface area contributed by atoms with Gasteiger partial charge >= 0.3 is 5.97 Å². The number of halogens is 1. The molecule has 0 heterocycles. The Kier molecular flexibility index (Phi) is 4.47. The summed E-state index contributed by atoms with van der Waals surface area (Å²) in [5.41, 5.74) is 0.599. The van der Waals surface area contributed by atoms with Gasteiger partial charge in [-0.1, -0.05) is 32.0 Å². The number of rotatable bonds is 5. The van der Waals surface area contributed by atoms with Crippen molar-refractivity contribution in [1.29, 1.82) is 0 Å². The Labute approximate surface area is 95.1 Å². The molecule has 1 rings (SSSR count). The molecule has 1 unspecified atom stereocenters. The number of carboxylic acid groups (broad SMARTS) is 1. The zero-order valence-corrected chi connectivity index (χ0v) is 9.61. The predicted octanol–water partition coefficient (Wildman–Crippen LogP) is 3.12. The van der Waals surface area contributed by atoms with Crippen molar-refractivity contribution < 1.29 is 14.3 Å². The minimum atomic E-state index is -0.824. The number of hydrogen-bond donors (Lipinski definition) is 1. The van der Waals surface area contributed by atoms with Crippen molar-refractivity contribution in [2.24, 2.45) is 11.8 Å². The maximum atomic E-state index is 13.4. The van der Waals surface area contributed by atoms with Crippen LogP contribution in [0.4, 0.5) is 4.39 Å². The highest BCUT2D eigenvalue weighted by Crippen LogP contribution is 2.22. The standard InChI is InChI=1S/C13H17FO2/c1-9(2)11(8-13(15)16)7-10-5-3-4-6-12(10)14/h3-6,9,11H,7-8H2,1-2H3,(H,15,16). The summed E-state index contributed by atoms with van der Waals surface area (Å²) in [6.07, 6.45) is 0.572. The maximum Gasteiger partial charge on any atom is 0.303 e. The molecule has 0 aliphatic carbocycles. The highest BCUT2D eigenvalue weighted by molar-refractivity contribution is 5.67. The Hall–Kier alpha value is -1.38. The van der Waals surface area contributed by atoms with E-state index < -0.39 is 5.97 Å². The van der Waals surface area contributed by atoms with E-state index in [-0.39, 0.29) is 24.1 Å². The van der Waals surface area contributed by atoms with Gasteiger partial charge in [0.15, 0.2) is 0 Å². The molecule has 0 saturated heterocycles. The molecule has 0 fully saturated rings. The van der Waals surface area contributed by atoms with E-state index in [1.807, 2.05) is 13.8 Å². The Morgan fingerprint density at radius 1 is 1.38 bits per heavy atom. The largest absolute Gasteiger partial charge is 0.481 e. The molecule has 0 aliphatic rings. The third kappa shape index (κ3) is 3.65. The van der Waals surface area contributed by atoms with E-state index in [1.54, 1.807) is 18.2 Å². The van der Waals surface area contributed by atoms with Crippen molar-refractivity contribution in [1.82, 2.24) is 0 Å². The van der Waals surface area contributed by atoms with Crippen LogP contribution in [0.15, 0.2) is 24.3 Å². The summed E-state index contributed by atoms with van der Waals surface area (Å²) in [4.78, 5) is 10.7. The van der Waals surface area contributed by atoms with Crippen molar-refractivity contribution in [3.8, 4) is 0 Å². The smallest absolute Gasteiger partial charge is 0.303 e. The normalized spacial score (nSPS) is 12.8. The van der Waals surface area contributed by atoms with E-state index in [2.05, 4.69) is 0 Å². The third-order valence-corrected chi connectivity index (χ3v) is 2.82. The van der Waals surface area contributed by atoms with Gasteiger partial charge in [0.1, 0.15) is 5.82 Å². The van der Waals surface area contributed by atoms with Crippen LogP contribution >= 0.6 is 0 Å². The van der Waals surface area contributed by atoms with Gasteiger partial charge in [-0.15, -0.1) is 0 Å². The number of aliphatic carboxylic acids is 1. The Morgan fingerprint density at radius 2 is 2.00 bits per heavy atom. The predicted molar refractivity (Wildman–Crippen MR) is 60.7 cm³/mol. The summed E-state index contributed by atoms with van der Waals surface area (Å²) in [6.45, 7) is 3.93. The molecular formula is C13H17FO2. The summed E-state index contributed by atoms with van der Waals surface area (Å²) in [5.74, 6) is -0.862. The van der Waals surface area contributed by atoms with E-state index in [4.69, 9.17) is 5.11 Å². The lowest BCUT2D eigenvalue weighted by atomic mass is 9.86. The molecule has 3 heteroatoms. The van der Waals surface area contributed by atoms with Gasteiger partial charge in [-0.2, -0.15) is 0 Å². The van der Waals surface area contributed by atoms with Crippen LogP contribution in [0, 0.1) is 17.7 Å². The van der Waals surface area contributed by atoms with Crippen molar-refractivity contribution in [3.63, 3.8) is 0 Å². The van der Waals surface area contributed by atoms with Crippen molar-refractivity contribution in [3.05, 3.63) is 35.6 Å². The zero-order valence-electron chi connectivity index (χ0n) is 9.61. The number of benzene rings is 1. The van der Waals surface area contributed by atoms with Crippen molar-refractivity contribution >= 4 is 5.97 Å². The molecule has 0 aliphatic heterocycles. The molecule has 88 valence electrons. The third-order valence-electron chi connectivity index (χ3n) is 2.82. The highest BCUT2D eigenvalue weighted by Gasteiger charge is 2.18. The lowest BCUT2D eigenvalue weighted by molar-refractivity contribution is -0.138. The average Bonchev–Trinajstić information content (AvgIpc) is 2.19. The quantitative estimate of drug-likeness (QED) is 0.834. The van der Waals surface area contributed by atoms with Gasteiger partial charge in [0.25, 0.3) is 0 Å². The first-order chi connectivity index (χ1) is 7.50. The average molecular weight is 224 g/mol. The number of hydrogen-bond acceptors (Lipinski definition) is 1. The van der Waals surface area contributed by atoms with Gasteiger partial charge in [0.05, 0.1) is 0 Å².